The molecule has 1 aliphatic carbocycles. The first kappa shape index (κ1) is 16.8. The molecular formula is C19H23N5O2. The number of pyridine rings is 1. The fourth-order valence-corrected chi connectivity index (χ4v) is 3.81. The van der Waals surface area contributed by atoms with Crippen LogP contribution < -0.4 is 5.32 Å². The molecule has 2 N–H and O–H groups in total. The first-order valence-electron chi connectivity index (χ1n) is 9.27. The molecule has 7 heteroatoms. The Morgan fingerprint density at radius 2 is 2.08 bits per heavy atom. The summed E-state index contributed by atoms with van der Waals surface area (Å²) in [5.74, 6) is -0.145. The maximum absolute atomic E-state index is 13.0. The number of aromatic nitrogens is 3. The Morgan fingerprint density at radius 1 is 1.15 bits per heavy atom. The predicted octanol–water partition coefficient (Wildman–Crippen LogP) is 1.72. The van der Waals surface area contributed by atoms with Crippen LogP contribution in [0.25, 0.3) is 0 Å². The topological polar surface area (TPSA) is 91.0 Å². The van der Waals surface area contributed by atoms with Crippen LogP contribution in [0, 0.1) is 0 Å². The third kappa shape index (κ3) is 3.47. The van der Waals surface area contributed by atoms with E-state index < -0.39 is 0 Å². The lowest BCUT2D eigenvalue weighted by Crippen LogP contribution is -2.44. The minimum absolute atomic E-state index is 0.0108. The summed E-state index contributed by atoms with van der Waals surface area (Å²) in [6, 6.07) is 1.95. The van der Waals surface area contributed by atoms with Crippen molar-refractivity contribution >= 4 is 11.8 Å². The van der Waals surface area contributed by atoms with Crippen LogP contribution in [0.5, 0.6) is 0 Å². The van der Waals surface area contributed by atoms with Crippen molar-refractivity contribution < 1.29 is 9.59 Å². The number of fused-ring (bicyclic) bond motifs is 1. The van der Waals surface area contributed by atoms with Gasteiger partial charge >= 0.3 is 0 Å². The molecule has 4 rings (SSSR count). The highest BCUT2D eigenvalue weighted by atomic mass is 16.2. The Morgan fingerprint density at radius 3 is 2.92 bits per heavy atom. The van der Waals surface area contributed by atoms with Gasteiger partial charge in [-0.3, -0.25) is 19.7 Å². The van der Waals surface area contributed by atoms with Gasteiger partial charge in [-0.2, -0.15) is 5.10 Å². The van der Waals surface area contributed by atoms with E-state index >= 15 is 0 Å². The predicted molar refractivity (Wildman–Crippen MR) is 95.9 cm³/mol. The number of rotatable bonds is 3. The molecule has 0 unspecified atom stereocenters. The van der Waals surface area contributed by atoms with E-state index in [4.69, 9.17) is 0 Å². The minimum atomic E-state index is -0.155. The van der Waals surface area contributed by atoms with Crippen LogP contribution in [-0.2, 0) is 12.8 Å². The Hall–Kier alpha value is -2.70. The second kappa shape index (κ2) is 7.27. The Bertz CT molecular complexity index is 802. The number of hydrogen-bond donors (Lipinski definition) is 2. The van der Waals surface area contributed by atoms with Gasteiger partial charge in [0.15, 0.2) is 0 Å². The number of nitrogens with one attached hydrogen (secondary N) is 2. The van der Waals surface area contributed by atoms with E-state index in [1.54, 1.807) is 12.4 Å². The smallest absolute Gasteiger partial charge is 0.255 e. The lowest BCUT2D eigenvalue weighted by Gasteiger charge is -2.25. The zero-order valence-corrected chi connectivity index (χ0v) is 14.7. The van der Waals surface area contributed by atoms with Crippen LogP contribution in [0.4, 0.5) is 0 Å². The van der Waals surface area contributed by atoms with E-state index in [0.29, 0.717) is 24.2 Å². The molecule has 3 heterocycles. The quantitative estimate of drug-likeness (QED) is 0.879. The SMILES string of the molecule is O=C(N[C@H]1CCCCN(C(=O)c2cnc3c(c2)CCC3)C1)c1cn[nH]c1. The lowest BCUT2D eigenvalue weighted by molar-refractivity contribution is 0.0736. The van der Waals surface area contributed by atoms with Gasteiger partial charge in [-0.1, -0.05) is 0 Å². The molecule has 0 saturated carbocycles. The van der Waals surface area contributed by atoms with Gasteiger partial charge in [0.2, 0.25) is 0 Å². The largest absolute Gasteiger partial charge is 0.347 e. The van der Waals surface area contributed by atoms with Gasteiger partial charge < -0.3 is 10.2 Å². The van der Waals surface area contributed by atoms with E-state index in [1.165, 1.54) is 11.8 Å². The van der Waals surface area contributed by atoms with Crippen LogP contribution in [0.2, 0.25) is 0 Å². The molecule has 0 spiro atoms. The fourth-order valence-electron chi connectivity index (χ4n) is 3.81. The summed E-state index contributed by atoms with van der Waals surface area (Å²) in [5, 5.41) is 9.49. The maximum atomic E-state index is 13.0. The van der Waals surface area contributed by atoms with Crippen molar-refractivity contribution in [3.05, 3.63) is 47.0 Å². The van der Waals surface area contributed by atoms with Crippen molar-refractivity contribution in [2.45, 2.75) is 44.6 Å². The number of nitrogens with zero attached hydrogens (tertiary/aromatic N) is 3. The van der Waals surface area contributed by atoms with E-state index in [9.17, 15) is 9.59 Å². The standard InChI is InChI=1S/C19H23N5O2/c25-18(15-10-21-22-11-15)23-16-5-1-2-7-24(12-16)19(26)14-8-13-4-3-6-17(13)20-9-14/h8-11,16H,1-7,12H2,(H,21,22)(H,23,25)/t16-/m0/s1. The molecule has 136 valence electrons. The van der Waals surface area contributed by atoms with Gasteiger partial charge in [-0.15, -0.1) is 0 Å². The molecule has 26 heavy (non-hydrogen) atoms. The van der Waals surface area contributed by atoms with E-state index in [1.807, 2.05) is 11.0 Å². The highest BCUT2D eigenvalue weighted by Crippen LogP contribution is 2.22. The highest BCUT2D eigenvalue weighted by molar-refractivity contribution is 5.95. The van der Waals surface area contributed by atoms with Crippen LogP contribution in [0.15, 0.2) is 24.7 Å². The number of H-pyrrole nitrogens is 1. The van der Waals surface area contributed by atoms with Crippen molar-refractivity contribution in [3.8, 4) is 0 Å². The van der Waals surface area contributed by atoms with Gasteiger partial charge in [0.05, 0.1) is 17.3 Å². The van der Waals surface area contributed by atoms with Crippen LogP contribution in [0.1, 0.15) is 57.7 Å². The number of hydrogen-bond acceptors (Lipinski definition) is 4. The molecule has 1 saturated heterocycles. The van der Waals surface area contributed by atoms with Crippen LogP contribution >= 0.6 is 0 Å². The average molecular weight is 353 g/mol. The van der Waals surface area contributed by atoms with E-state index in [0.717, 1.165) is 44.2 Å². The van der Waals surface area contributed by atoms with Crippen molar-refractivity contribution in [2.75, 3.05) is 13.1 Å². The van der Waals surface area contributed by atoms with Gasteiger partial charge in [0.25, 0.3) is 11.8 Å². The van der Waals surface area contributed by atoms with E-state index in [2.05, 4.69) is 20.5 Å². The molecule has 0 radical (unpaired) electrons. The van der Waals surface area contributed by atoms with Crippen LogP contribution in [-0.4, -0.2) is 51.0 Å². The molecule has 0 bridgehead atoms. The molecule has 1 atom stereocenters. The first-order valence-corrected chi connectivity index (χ1v) is 9.27. The average Bonchev–Trinajstić information content (AvgIpc) is 3.29. The molecule has 2 aliphatic rings. The lowest BCUT2D eigenvalue weighted by atomic mass is 10.1. The normalized spacial score (nSPS) is 19.7. The molecular weight excluding hydrogens is 330 g/mol. The number of carbonyl (C=O) groups is 2. The molecule has 1 fully saturated rings. The second-order valence-electron chi connectivity index (χ2n) is 7.09. The Labute approximate surface area is 152 Å². The van der Waals surface area contributed by atoms with Crippen molar-refractivity contribution in [2.24, 2.45) is 0 Å². The Balaban J connectivity index is 1.45. The molecule has 1 aliphatic heterocycles. The molecule has 0 aromatic carbocycles. The summed E-state index contributed by atoms with van der Waals surface area (Å²) in [4.78, 5) is 31.6. The number of aryl methyl sites for hydroxylation is 2. The summed E-state index contributed by atoms with van der Waals surface area (Å²) in [6.45, 7) is 1.24. The monoisotopic (exact) mass is 353 g/mol. The third-order valence-electron chi connectivity index (χ3n) is 5.22. The summed E-state index contributed by atoms with van der Waals surface area (Å²) >= 11 is 0. The van der Waals surface area contributed by atoms with Crippen molar-refractivity contribution in [3.63, 3.8) is 0 Å². The van der Waals surface area contributed by atoms with Gasteiger partial charge in [0.1, 0.15) is 0 Å². The molecule has 2 amide bonds. The number of aromatic amines is 1. The number of carbonyl (C=O) groups excluding carboxylic acids is 2. The van der Waals surface area contributed by atoms with Crippen LogP contribution in [0.3, 0.4) is 0 Å². The van der Waals surface area contributed by atoms with Crippen molar-refractivity contribution in [1.29, 1.82) is 0 Å². The van der Waals surface area contributed by atoms with Gasteiger partial charge in [0, 0.05) is 37.2 Å². The fraction of sp³-hybridized carbons (Fsp3) is 0.474. The number of likely N-dealkylation sites (tertiary alicyclic amines) is 1. The van der Waals surface area contributed by atoms with Gasteiger partial charge in [-0.05, 0) is 50.2 Å². The summed E-state index contributed by atoms with van der Waals surface area (Å²) < 4.78 is 0. The zero-order chi connectivity index (χ0) is 17.9. The maximum Gasteiger partial charge on any atom is 0.255 e. The molecule has 2 aromatic rings. The molecule has 2 aromatic heterocycles. The summed E-state index contributed by atoms with van der Waals surface area (Å²) in [5.41, 5.74) is 3.50. The summed E-state index contributed by atoms with van der Waals surface area (Å²) in [7, 11) is 0. The van der Waals surface area contributed by atoms with Crippen molar-refractivity contribution in [1.82, 2.24) is 25.4 Å². The summed E-state index contributed by atoms with van der Waals surface area (Å²) in [6.07, 6.45) is 10.7. The number of amides is 2. The highest BCUT2D eigenvalue weighted by Gasteiger charge is 2.25. The second-order valence-corrected chi connectivity index (χ2v) is 7.09. The Kier molecular flexibility index (Phi) is 4.69. The molecule has 7 nitrogen and oxygen atoms in total. The first-order chi connectivity index (χ1) is 12.7. The van der Waals surface area contributed by atoms with E-state index in [-0.39, 0.29) is 17.9 Å². The third-order valence-corrected chi connectivity index (χ3v) is 5.22. The van der Waals surface area contributed by atoms with Gasteiger partial charge in [-0.25, -0.2) is 0 Å². The minimum Gasteiger partial charge on any atom is -0.347 e. The zero-order valence-electron chi connectivity index (χ0n) is 14.7.